The van der Waals surface area contributed by atoms with Crippen LogP contribution in [0.25, 0.3) is 11.0 Å². The highest BCUT2D eigenvalue weighted by Gasteiger charge is 2.13. The van der Waals surface area contributed by atoms with Gasteiger partial charge in [0.15, 0.2) is 11.6 Å². The van der Waals surface area contributed by atoms with Crippen molar-refractivity contribution in [3.63, 3.8) is 0 Å². The molecule has 2 N–H and O–H groups in total. The molecule has 0 saturated heterocycles. The molecular formula is C8H3BrF2N2O2. The van der Waals surface area contributed by atoms with Crippen LogP contribution in [0.1, 0.15) is 0 Å². The number of H-pyrrole nitrogens is 2. The van der Waals surface area contributed by atoms with Gasteiger partial charge in [-0.2, -0.15) is 0 Å². The van der Waals surface area contributed by atoms with E-state index in [1.165, 1.54) is 0 Å². The Kier molecular flexibility index (Phi) is 2.18. The second kappa shape index (κ2) is 3.27. The molecule has 2 rings (SSSR count). The molecule has 15 heavy (non-hydrogen) atoms. The van der Waals surface area contributed by atoms with Crippen LogP contribution in [0.5, 0.6) is 0 Å². The van der Waals surface area contributed by atoms with Crippen LogP contribution in [0.4, 0.5) is 8.78 Å². The Balaban J connectivity index is 3.06. The van der Waals surface area contributed by atoms with Crippen molar-refractivity contribution in [1.29, 1.82) is 0 Å². The molecule has 0 bridgehead atoms. The van der Waals surface area contributed by atoms with Crippen molar-refractivity contribution in [1.82, 2.24) is 9.97 Å². The van der Waals surface area contributed by atoms with Crippen molar-refractivity contribution in [3.8, 4) is 0 Å². The minimum Gasteiger partial charge on any atom is -0.316 e. The lowest BCUT2D eigenvalue weighted by Crippen LogP contribution is -2.29. The van der Waals surface area contributed by atoms with Crippen LogP contribution in [0.2, 0.25) is 0 Å². The van der Waals surface area contributed by atoms with Crippen LogP contribution < -0.4 is 11.1 Å². The number of nitrogens with one attached hydrogen (secondary N) is 2. The van der Waals surface area contributed by atoms with Gasteiger partial charge in [-0.25, -0.2) is 8.78 Å². The summed E-state index contributed by atoms with van der Waals surface area (Å²) in [5.41, 5.74) is -1.81. The molecular weight excluding hydrogens is 274 g/mol. The van der Waals surface area contributed by atoms with Crippen molar-refractivity contribution in [2.75, 3.05) is 0 Å². The standard InChI is InChI=1S/C8H3BrF2N2O2/c9-4-5(11)2(10)1-3-6(4)13-8(15)7(14)12-3/h1H,(H,12,14)(H,13,15). The molecule has 1 aromatic carbocycles. The lowest BCUT2D eigenvalue weighted by Gasteiger charge is -2.01. The maximum atomic E-state index is 13.1. The third kappa shape index (κ3) is 1.48. The molecule has 0 saturated carbocycles. The predicted octanol–water partition coefficient (Wildman–Crippen LogP) is 1.26. The van der Waals surface area contributed by atoms with Crippen molar-refractivity contribution >= 4 is 27.0 Å². The monoisotopic (exact) mass is 276 g/mol. The molecule has 0 aliphatic heterocycles. The SMILES string of the molecule is O=c1[nH]c2cc(F)c(F)c(Br)c2[nH]c1=O. The maximum absolute atomic E-state index is 13.1. The quantitative estimate of drug-likeness (QED) is 0.562. The summed E-state index contributed by atoms with van der Waals surface area (Å²) in [6.07, 6.45) is 0. The van der Waals surface area contributed by atoms with Crippen LogP contribution in [-0.2, 0) is 0 Å². The number of benzene rings is 1. The number of hydrogen-bond acceptors (Lipinski definition) is 2. The fourth-order valence-corrected chi connectivity index (χ4v) is 1.67. The highest BCUT2D eigenvalue weighted by molar-refractivity contribution is 9.10. The van der Waals surface area contributed by atoms with Gasteiger partial charge < -0.3 is 9.97 Å². The third-order valence-electron chi connectivity index (χ3n) is 1.86. The molecule has 2 aromatic rings. The molecule has 1 heterocycles. The van der Waals surface area contributed by atoms with Gasteiger partial charge in [-0.15, -0.1) is 0 Å². The zero-order chi connectivity index (χ0) is 11.2. The van der Waals surface area contributed by atoms with Crippen LogP contribution >= 0.6 is 15.9 Å². The summed E-state index contributed by atoms with van der Waals surface area (Å²) in [6.45, 7) is 0. The van der Waals surface area contributed by atoms with Crippen LogP contribution in [0.3, 0.4) is 0 Å². The van der Waals surface area contributed by atoms with Crippen LogP contribution in [0.15, 0.2) is 20.1 Å². The summed E-state index contributed by atoms with van der Waals surface area (Å²) >= 11 is 2.78. The van der Waals surface area contributed by atoms with Gasteiger partial charge in [0.1, 0.15) is 0 Å². The summed E-state index contributed by atoms with van der Waals surface area (Å²) in [5, 5.41) is 0. The maximum Gasteiger partial charge on any atom is 0.314 e. The van der Waals surface area contributed by atoms with Crippen molar-refractivity contribution in [3.05, 3.63) is 42.9 Å². The molecule has 0 amide bonds. The van der Waals surface area contributed by atoms with E-state index in [9.17, 15) is 18.4 Å². The average molecular weight is 277 g/mol. The highest BCUT2D eigenvalue weighted by Crippen LogP contribution is 2.24. The molecule has 1 aromatic heterocycles. The van der Waals surface area contributed by atoms with Gasteiger partial charge in [0.2, 0.25) is 0 Å². The molecule has 0 spiro atoms. The van der Waals surface area contributed by atoms with Gasteiger partial charge in [-0.3, -0.25) is 9.59 Å². The van der Waals surface area contributed by atoms with E-state index >= 15 is 0 Å². The summed E-state index contributed by atoms with van der Waals surface area (Å²) in [7, 11) is 0. The Morgan fingerprint density at radius 3 is 2.40 bits per heavy atom. The number of hydrogen-bond donors (Lipinski definition) is 2. The average Bonchev–Trinajstić information content (AvgIpc) is 2.19. The molecule has 78 valence electrons. The number of halogens is 3. The Morgan fingerprint density at radius 1 is 1.13 bits per heavy atom. The largest absolute Gasteiger partial charge is 0.316 e. The lowest BCUT2D eigenvalue weighted by atomic mass is 10.3. The van der Waals surface area contributed by atoms with E-state index in [4.69, 9.17) is 0 Å². The normalized spacial score (nSPS) is 10.9. The minimum atomic E-state index is -1.12. The third-order valence-corrected chi connectivity index (χ3v) is 2.60. The number of rotatable bonds is 0. The van der Waals surface area contributed by atoms with E-state index in [-0.39, 0.29) is 15.5 Å². The van der Waals surface area contributed by atoms with E-state index in [1.54, 1.807) is 0 Å². The first kappa shape index (κ1) is 10.0. The van der Waals surface area contributed by atoms with Crippen LogP contribution in [-0.4, -0.2) is 9.97 Å². The van der Waals surface area contributed by atoms with Crippen molar-refractivity contribution in [2.24, 2.45) is 0 Å². The number of aromatic amines is 2. The highest BCUT2D eigenvalue weighted by atomic mass is 79.9. The van der Waals surface area contributed by atoms with E-state index in [2.05, 4.69) is 25.9 Å². The minimum absolute atomic E-state index is 0.0125. The number of fused-ring (bicyclic) bond motifs is 1. The zero-order valence-electron chi connectivity index (χ0n) is 7.03. The van der Waals surface area contributed by atoms with Crippen molar-refractivity contribution in [2.45, 2.75) is 0 Å². The van der Waals surface area contributed by atoms with E-state index in [1.807, 2.05) is 0 Å². The van der Waals surface area contributed by atoms with Gasteiger partial charge >= 0.3 is 11.1 Å². The Hall–Kier alpha value is -1.50. The molecule has 0 aliphatic carbocycles. The summed E-state index contributed by atoms with van der Waals surface area (Å²) < 4.78 is 25.7. The smallest absolute Gasteiger partial charge is 0.314 e. The van der Waals surface area contributed by atoms with E-state index in [0.717, 1.165) is 6.07 Å². The summed E-state index contributed by atoms with van der Waals surface area (Å²) in [6, 6.07) is 0.798. The van der Waals surface area contributed by atoms with Gasteiger partial charge in [-0.05, 0) is 15.9 Å². The molecule has 7 heteroatoms. The van der Waals surface area contributed by atoms with E-state index < -0.39 is 22.8 Å². The van der Waals surface area contributed by atoms with Gasteiger partial charge in [0.05, 0.1) is 15.5 Å². The Morgan fingerprint density at radius 2 is 1.73 bits per heavy atom. The second-order valence-corrected chi connectivity index (χ2v) is 3.61. The van der Waals surface area contributed by atoms with Gasteiger partial charge in [0.25, 0.3) is 0 Å². The first-order chi connectivity index (χ1) is 7.00. The summed E-state index contributed by atoms with van der Waals surface area (Å²) in [4.78, 5) is 26.1. The first-order valence-corrected chi connectivity index (χ1v) is 4.60. The van der Waals surface area contributed by atoms with Gasteiger partial charge in [-0.1, -0.05) is 0 Å². The number of aromatic nitrogens is 2. The van der Waals surface area contributed by atoms with E-state index in [0.29, 0.717) is 0 Å². The predicted molar refractivity (Wildman–Crippen MR) is 52.8 cm³/mol. The molecule has 0 unspecified atom stereocenters. The van der Waals surface area contributed by atoms with Crippen molar-refractivity contribution < 1.29 is 8.78 Å². The lowest BCUT2D eigenvalue weighted by molar-refractivity contribution is 0.506. The Bertz CT molecular complexity index is 662. The fourth-order valence-electron chi connectivity index (χ4n) is 1.17. The molecule has 0 radical (unpaired) electrons. The first-order valence-electron chi connectivity index (χ1n) is 3.80. The zero-order valence-corrected chi connectivity index (χ0v) is 8.61. The molecule has 0 fully saturated rings. The molecule has 4 nitrogen and oxygen atoms in total. The Labute approximate surface area is 89.1 Å². The van der Waals surface area contributed by atoms with Crippen LogP contribution in [0, 0.1) is 11.6 Å². The molecule has 0 atom stereocenters. The van der Waals surface area contributed by atoms with Gasteiger partial charge in [0, 0.05) is 6.07 Å². The topological polar surface area (TPSA) is 65.7 Å². The molecule has 0 aliphatic rings. The second-order valence-electron chi connectivity index (χ2n) is 2.82. The fraction of sp³-hybridized carbons (Fsp3) is 0. The summed E-state index contributed by atoms with van der Waals surface area (Å²) in [5.74, 6) is -2.23.